The smallest absolute Gasteiger partial charge is 0.347 e. The molecule has 0 radical (unpaired) electrons. The van der Waals surface area contributed by atoms with E-state index in [2.05, 4.69) is 5.32 Å². The summed E-state index contributed by atoms with van der Waals surface area (Å²) in [5.41, 5.74) is 0.758. The van der Waals surface area contributed by atoms with E-state index < -0.39 is 29.5 Å². The molecule has 2 aromatic carbocycles. The van der Waals surface area contributed by atoms with Crippen molar-refractivity contribution in [3.05, 3.63) is 63.2 Å². The number of anilines is 1. The van der Waals surface area contributed by atoms with Crippen LogP contribution < -0.4 is 10.1 Å². The maximum absolute atomic E-state index is 12.0. The number of benzene rings is 2. The van der Waals surface area contributed by atoms with Crippen LogP contribution in [0.5, 0.6) is 5.75 Å². The standard InChI is InChI=1S/C18H17ClN2O6/c1-11-3-6-14(21(24)25)9-16(11)20-17(22)10-26-18(23)12(2)27-15-7-4-13(19)5-8-15/h3-9,12H,10H2,1-2H3,(H,20,22)/t12-/m1/s1. The highest BCUT2D eigenvalue weighted by atomic mass is 35.5. The van der Waals surface area contributed by atoms with Crippen molar-refractivity contribution in [3.8, 4) is 5.75 Å². The van der Waals surface area contributed by atoms with E-state index >= 15 is 0 Å². The zero-order chi connectivity index (χ0) is 20.0. The molecule has 0 aliphatic rings. The first kappa shape index (κ1) is 20.2. The van der Waals surface area contributed by atoms with Crippen molar-refractivity contribution in [3.63, 3.8) is 0 Å². The molecule has 0 spiro atoms. The highest BCUT2D eigenvalue weighted by Crippen LogP contribution is 2.22. The van der Waals surface area contributed by atoms with Crippen molar-refractivity contribution in [2.24, 2.45) is 0 Å². The number of nitro groups is 1. The van der Waals surface area contributed by atoms with Gasteiger partial charge in [0.2, 0.25) is 0 Å². The lowest BCUT2D eigenvalue weighted by molar-refractivity contribution is -0.384. The SMILES string of the molecule is Cc1ccc([N+](=O)[O-])cc1NC(=O)COC(=O)[C@@H](C)Oc1ccc(Cl)cc1. The molecule has 142 valence electrons. The van der Waals surface area contributed by atoms with Crippen molar-refractivity contribution in [2.45, 2.75) is 20.0 Å². The Hall–Kier alpha value is -3.13. The molecule has 0 bridgehead atoms. The van der Waals surface area contributed by atoms with Gasteiger partial charge in [0.25, 0.3) is 11.6 Å². The Morgan fingerprint density at radius 1 is 1.22 bits per heavy atom. The Bertz CT molecular complexity index is 853. The first-order chi connectivity index (χ1) is 12.8. The molecule has 0 saturated heterocycles. The Morgan fingerprint density at radius 3 is 2.52 bits per heavy atom. The fraction of sp³-hybridized carbons (Fsp3) is 0.222. The van der Waals surface area contributed by atoms with Gasteiger partial charge in [0.15, 0.2) is 12.7 Å². The summed E-state index contributed by atoms with van der Waals surface area (Å²) in [7, 11) is 0. The minimum atomic E-state index is -0.932. The van der Waals surface area contributed by atoms with E-state index in [1.54, 1.807) is 31.2 Å². The lowest BCUT2D eigenvalue weighted by Crippen LogP contribution is -2.29. The van der Waals surface area contributed by atoms with Crippen molar-refractivity contribution >= 4 is 34.9 Å². The molecule has 0 unspecified atom stereocenters. The van der Waals surface area contributed by atoms with Gasteiger partial charge >= 0.3 is 5.97 Å². The van der Waals surface area contributed by atoms with Gasteiger partial charge in [-0.15, -0.1) is 0 Å². The second-order valence-corrected chi connectivity index (χ2v) is 6.06. The van der Waals surface area contributed by atoms with Gasteiger partial charge in [0.05, 0.1) is 10.6 Å². The number of nitrogens with one attached hydrogen (secondary N) is 1. The molecule has 1 N–H and O–H groups in total. The third-order valence-corrected chi connectivity index (χ3v) is 3.76. The summed E-state index contributed by atoms with van der Waals surface area (Å²) >= 11 is 5.77. The quantitative estimate of drug-likeness (QED) is 0.439. The molecular weight excluding hydrogens is 376 g/mol. The van der Waals surface area contributed by atoms with Gasteiger partial charge in [-0.05, 0) is 43.7 Å². The molecular formula is C18H17ClN2O6. The van der Waals surface area contributed by atoms with E-state index in [1.807, 2.05) is 0 Å². The van der Waals surface area contributed by atoms with Crippen LogP contribution >= 0.6 is 11.6 Å². The molecule has 1 atom stereocenters. The molecule has 0 saturated carbocycles. The first-order valence-corrected chi connectivity index (χ1v) is 8.28. The van der Waals surface area contributed by atoms with Crippen LogP contribution in [0.15, 0.2) is 42.5 Å². The van der Waals surface area contributed by atoms with Gasteiger partial charge < -0.3 is 14.8 Å². The number of aryl methyl sites for hydroxylation is 1. The Labute approximate surface area is 160 Å². The second kappa shape index (κ2) is 9.00. The predicted octanol–water partition coefficient (Wildman–Crippen LogP) is 3.51. The number of nitrogens with zero attached hydrogens (tertiary/aromatic N) is 1. The van der Waals surface area contributed by atoms with Crippen LogP contribution in [0.3, 0.4) is 0 Å². The third-order valence-electron chi connectivity index (χ3n) is 3.51. The van der Waals surface area contributed by atoms with E-state index in [9.17, 15) is 19.7 Å². The summed E-state index contributed by atoms with van der Waals surface area (Å²) in [6.45, 7) is 2.63. The number of nitro benzene ring substituents is 1. The molecule has 2 rings (SSSR count). The summed E-state index contributed by atoms with van der Waals surface area (Å²) in [6, 6.07) is 10.5. The largest absolute Gasteiger partial charge is 0.479 e. The molecule has 0 aromatic heterocycles. The van der Waals surface area contributed by atoms with Crippen LogP contribution in [0.25, 0.3) is 0 Å². The number of carbonyl (C=O) groups is 2. The molecule has 9 heteroatoms. The monoisotopic (exact) mass is 392 g/mol. The topological polar surface area (TPSA) is 108 Å². The van der Waals surface area contributed by atoms with Gasteiger partial charge in [-0.1, -0.05) is 17.7 Å². The number of rotatable bonds is 7. The normalized spacial score (nSPS) is 11.4. The van der Waals surface area contributed by atoms with Crippen LogP contribution in [0.4, 0.5) is 11.4 Å². The van der Waals surface area contributed by atoms with E-state index in [0.717, 1.165) is 0 Å². The van der Waals surface area contributed by atoms with Crippen LogP contribution in [0.2, 0.25) is 5.02 Å². The molecule has 0 heterocycles. The van der Waals surface area contributed by atoms with E-state index in [1.165, 1.54) is 25.1 Å². The van der Waals surface area contributed by atoms with E-state index in [-0.39, 0.29) is 11.4 Å². The van der Waals surface area contributed by atoms with Crippen LogP contribution in [0, 0.1) is 17.0 Å². The molecule has 0 aliphatic heterocycles. The van der Waals surface area contributed by atoms with Gasteiger partial charge in [-0.3, -0.25) is 14.9 Å². The van der Waals surface area contributed by atoms with Crippen molar-refractivity contribution in [1.82, 2.24) is 0 Å². The molecule has 1 amide bonds. The highest BCUT2D eigenvalue weighted by Gasteiger charge is 2.18. The lowest BCUT2D eigenvalue weighted by atomic mass is 10.2. The van der Waals surface area contributed by atoms with E-state index in [4.69, 9.17) is 21.1 Å². The average Bonchev–Trinajstić information content (AvgIpc) is 2.63. The number of amides is 1. The number of ether oxygens (including phenoxy) is 2. The second-order valence-electron chi connectivity index (χ2n) is 5.63. The van der Waals surface area contributed by atoms with Crippen LogP contribution in [-0.4, -0.2) is 29.5 Å². The summed E-state index contributed by atoms with van der Waals surface area (Å²) in [5.74, 6) is -0.915. The summed E-state index contributed by atoms with van der Waals surface area (Å²) in [4.78, 5) is 34.1. The van der Waals surface area contributed by atoms with Crippen molar-refractivity contribution < 1.29 is 24.0 Å². The number of halogens is 1. The third kappa shape index (κ3) is 5.96. The van der Waals surface area contributed by atoms with Gasteiger partial charge in [0.1, 0.15) is 5.75 Å². The zero-order valence-electron chi connectivity index (χ0n) is 14.6. The van der Waals surface area contributed by atoms with Crippen molar-refractivity contribution in [1.29, 1.82) is 0 Å². The maximum atomic E-state index is 12.0. The lowest BCUT2D eigenvalue weighted by Gasteiger charge is -2.14. The predicted molar refractivity (Wildman–Crippen MR) is 99.0 cm³/mol. The molecule has 8 nitrogen and oxygen atoms in total. The minimum absolute atomic E-state index is 0.155. The zero-order valence-corrected chi connectivity index (χ0v) is 15.4. The fourth-order valence-electron chi connectivity index (χ4n) is 2.06. The van der Waals surface area contributed by atoms with Crippen molar-refractivity contribution in [2.75, 3.05) is 11.9 Å². The number of carbonyl (C=O) groups excluding carboxylic acids is 2. The highest BCUT2D eigenvalue weighted by molar-refractivity contribution is 6.30. The van der Waals surface area contributed by atoms with Crippen LogP contribution in [-0.2, 0) is 14.3 Å². The maximum Gasteiger partial charge on any atom is 0.347 e. The summed E-state index contributed by atoms with van der Waals surface area (Å²) in [6.07, 6.45) is -0.932. The van der Waals surface area contributed by atoms with Gasteiger partial charge in [-0.2, -0.15) is 0 Å². The summed E-state index contributed by atoms with van der Waals surface area (Å²) in [5, 5.41) is 13.8. The van der Waals surface area contributed by atoms with Gasteiger partial charge in [0, 0.05) is 17.2 Å². The summed E-state index contributed by atoms with van der Waals surface area (Å²) < 4.78 is 10.3. The number of hydrogen-bond acceptors (Lipinski definition) is 6. The Balaban J connectivity index is 1.87. The Morgan fingerprint density at radius 2 is 1.89 bits per heavy atom. The first-order valence-electron chi connectivity index (χ1n) is 7.90. The number of non-ortho nitro benzene ring substituents is 1. The fourth-order valence-corrected chi connectivity index (χ4v) is 2.19. The minimum Gasteiger partial charge on any atom is -0.479 e. The molecule has 2 aromatic rings. The number of hydrogen-bond donors (Lipinski definition) is 1. The molecule has 27 heavy (non-hydrogen) atoms. The average molecular weight is 393 g/mol. The molecule has 0 fully saturated rings. The van der Waals surface area contributed by atoms with E-state index in [0.29, 0.717) is 16.3 Å². The van der Waals surface area contributed by atoms with Crippen LogP contribution in [0.1, 0.15) is 12.5 Å². The Kier molecular flexibility index (Phi) is 6.73. The van der Waals surface area contributed by atoms with Gasteiger partial charge in [-0.25, -0.2) is 4.79 Å². The molecule has 0 aliphatic carbocycles. The number of esters is 1.